The van der Waals surface area contributed by atoms with Crippen molar-refractivity contribution in [2.45, 2.75) is 32.6 Å². The highest BCUT2D eigenvalue weighted by atomic mass is 19.2. The van der Waals surface area contributed by atoms with Crippen molar-refractivity contribution < 1.29 is 22.8 Å². The number of rotatable bonds is 8. The van der Waals surface area contributed by atoms with Crippen LogP contribution in [0.1, 0.15) is 32.6 Å². The molecule has 148 valence electrons. The summed E-state index contributed by atoms with van der Waals surface area (Å²) in [5.74, 6) is -5.16. The van der Waals surface area contributed by atoms with Gasteiger partial charge in [-0.2, -0.15) is 0 Å². The number of allylic oxidation sites excluding steroid dienone is 2. The zero-order valence-corrected chi connectivity index (χ0v) is 15.5. The minimum Gasteiger partial charge on any atom is -0.322 e. The molecule has 1 aliphatic rings. The average Bonchev–Trinajstić information content (AvgIpc) is 3.14. The van der Waals surface area contributed by atoms with Crippen LogP contribution in [0.4, 0.5) is 18.9 Å². The second-order valence-corrected chi connectivity index (χ2v) is 6.58. The molecule has 0 fully saturated rings. The molecule has 8 heteroatoms. The molecule has 1 N–H and O–H groups in total. The van der Waals surface area contributed by atoms with Gasteiger partial charge in [0.05, 0.1) is 18.8 Å². The predicted octanol–water partition coefficient (Wildman–Crippen LogP) is 3.28. The van der Waals surface area contributed by atoms with Crippen LogP contribution in [0.25, 0.3) is 0 Å². The van der Waals surface area contributed by atoms with Crippen molar-refractivity contribution in [3.8, 4) is 0 Å². The maximum absolute atomic E-state index is 13.6. The molecule has 0 aromatic heterocycles. The number of likely N-dealkylation sites (N-methyl/N-ethyl adjacent to an activating group) is 1. The van der Waals surface area contributed by atoms with E-state index in [-0.39, 0.29) is 19.0 Å². The molecule has 0 unspecified atom stereocenters. The number of carbonyl (C=O) groups excluding carboxylic acids is 2. The lowest BCUT2D eigenvalue weighted by Gasteiger charge is -2.26. The number of benzene rings is 1. The lowest BCUT2D eigenvalue weighted by atomic mass is 10.2. The van der Waals surface area contributed by atoms with Gasteiger partial charge < -0.3 is 10.2 Å². The number of nitrogens with one attached hydrogen (secondary N) is 1. The lowest BCUT2D eigenvalue weighted by Crippen LogP contribution is -2.41. The van der Waals surface area contributed by atoms with Crippen molar-refractivity contribution in [2.75, 3.05) is 32.0 Å². The van der Waals surface area contributed by atoms with Crippen LogP contribution in [0.5, 0.6) is 0 Å². The molecule has 27 heavy (non-hydrogen) atoms. The van der Waals surface area contributed by atoms with Gasteiger partial charge in [0, 0.05) is 12.2 Å². The van der Waals surface area contributed by atoms with Crippen molar-refractivity contribution in [2.24, 2.45) is 0 Å². The molecule has 0 spiro atoms. The summed E-state index contributed by atoms with van der Waals surface area (Å²) in [5.41, 5.74) is 0.575. The van der Waals surface area contributed by atoms with Gasteiger partial charge >= 0.3 is 0 Å². The summed E-state index contributed by atoms with van der Waals surface area (Å²) in [6.45, 7) is 2.43. The molecular formula is C19H24F3N3O2. The number of hydrogen-bond donors (Lipinski definition) is 1. The first-order chi connectivity index (χ1) is 12.8. The summed E-state index contributed by atoms with van der Waals surface area (Å²) in [4.78, 5) is 27.8. The zero-order chi connectivity index (χ0) is 20.0. The number of halogens is 3. The molecule has 0 saturated heterocycles. The zero-order valence-electron chi connectivity index (χ0n) is 15.5. The van der Waals surface area contributed by atoms with Crippen LogP contribution < -0.4 is 5.32 Å². The van der Waals surface area contributed by atoms with E-state index >= 15 is 0 Å². The molecule has 0 aliphatic heterocycles. The Kier molecular flexibility index (Phi) is 7.41. The largest absolute Gasteiger partial charge is 0.322 e. The maximum Gasteiger partial charge on any atom is 0.240 e. The molecule has 5 nitrogen and oxygen atoms in total. The highest BCUT2D eigenvalue weighted by molar-refractivity contribution is 5.92. The average molecular weight is 383 g/mol. The minimum absolute atomic E-state index is 0.0189. The first-order valence-corrected chi connectivity index (χ1v) is 8.94. The molecule has 2 amide bonds. The first kappa shape index (κ1) is 21.0. The fourth-order valence-electron chi connectivity index (χ4n) is 2.98. The smallest absolute Gasteiger partial charge is 0.240 e. The van der Waals surface area contributed by atoms with Gasteiger partial charge in [-0.15, -0.1) is 0 Å². The van der Waals surface area contributed by atoms with Crippen LogP contribution in [-0.2, 0) is 9.59 Å². The summed E-state index contributed by atoms with van der Waals surface area (Å²) < 4.78 is 39.8. The summed E-state index contributed by atoms with van der Waals surface area (Å²) in [6.07, 6.45) is 5.74. The Morgan fingerprint density at radius 1 is 1.15 bits per heavy atom. The van der Waals surface area contributed by atoms with E-state index in [1.807, 2.05) is 6.92 Å². The first-order valence-electron chi connectivity index (χ1n) is 8.94. The Bertz CT molecular complexity index is 737. The van der Waals surface area contributed by atoms with E-state index < -0.39 is 29.0 Å². The third-order valence-corrected chi connectivity index (χ3v) is 4.24. The molecule has 0 radical (unpaired) electrons. The van der Waals surface area contributed by atoms with Gasteiger partial charge in [-0.05, 0) is 44.9 Å². The van der Waals surface area contributed by atoms with Crippen molar-refractivity contribution >= 4 is 17.5 Å². The van der Waals surface area contributed by atoms with E-state index in [1.54, 1.807) is 11.9 Å². The van der Waals surface area contributed by atoms with Gasteiger partial charge in [-0.3, -0.25) is 14.5 Å². The van der Waals surface area contributed by atoms with E-state index in [2.05, 4.69) is 11.4 Å². The molecule has 0 bridgehead atoms. The predicted molar refractivity (Wildman–Crippen MR) is 96.4 cm³/mol. The van der Waals surface area contributed by atoms with Crippen molar-refractivity contribution in [1.82, 2.24) is 9.80 Å². The summed E-state index contributed by atoms with van der Waals surface area (Å²) in [7, 11) is 1.59. The number of nitrogens with zero attached hydrogens (tertiary/aromatic N) is 2. The second-order valence-electron chi connectivity index (χ2n) is 6.58. The molecule has 0 heterocycles. The van der Waals surface area contributed by atoms with Crippen LogP contribution >= 0.6 is 0 Å². The van der Waals surface area contributed by atoms with Crippen LogP contribution in [0.2, 0.25) is 0 Å². The number of amides is 2. The Morgan fingerprint density at radius 3 is 2.52 bits per heavy atom. The second kappa shape index (κ2) is 9.55. The Labute approximate surface area is 156 Å². The van der Waals surface area contributed by atoms with Gasteiger partial charge in [0.2, 0.25) is 11.8 Å². The van der Waals surface area contributed by atoms with Crippen molar-refractivity contribution in [3.63, 3.8) is 0 Å². The summed E-state index contributed by atoms with van der Waals surface area (Å²) in [5, 5.41) is 2.19. The molecular weight excluding hydrogens is 359 g/mol. The Hall–Kier alpha value is -2.35. The molecule has 1 aromatic rings. The van der Waals surface area contributed by atoms with Gasteiger partial charge in [0.25, 0.3) is 0 Å². The third kappa shape index (κ3) is 5.56. The van der Waals surface area contributed by atoms with Crippen molar-refractivity contribution in [1.29, 1.82) is 0 Å². The van der Waals surface area contributed by atoms with Crippen LogP contribution in [0.15, 0.2) is 23.9 Å². The highest BCUT2D eigenvalue weighted by Gasteiger charge is 2.22. The van der Waals surface area contributed by atoms with Crippen LogP contribution in [-0.4, -0.2) is 48.3 Å². The van der Waals surface area contributed by atoms with E-state index in [0.717, 1.165) is 43.5 Å². The van der Waals surface area contributed by atoms with Gasteiger partial charge in [0.1, 0.15) is 0 Å². The molecule has 1 aliphatic carbocycles. The van der Waals surface area contributed by atoms with Gasteiger partial charge in [-0.1, -0.05) is 13.0 Å². The minimum atomic E-state index is -1.64. The molecule has 1 aromatic carbocycles. The molecule has 0 saturated carbocycles. The van der Waals surface area contributed by atoms with Crippen LogP contribution in [0.3, 0.4) is 0 Å². The Morgan fingerprint density at radius 2 is 1.89 bits per heavy atom. The fraction of sp³-hybridized carbons (Fsp3) is 0.474. The topological polar surface area (TPSA) is 52.7 Å². The van der Waals surface area contributed by atoms with E-state index in [0.29, 0.717) is 6.54 Å². The summed E-state index contributed by atoms with van der Waals surface area (Å²) in [6, 6.07) is 1.69. The normalized spacial score (nSPS) is 13.6. The Balaban J connectivity index is 1.92. The highest BCUT2D eigenvalue weighted by Crippen LogP contribution is 2.22. The van der Waals surface area contributed by atoms with E-state index in [1.165, 1.54) is 4.90 Å². The molecule has 0 atom stereocenters. The quantitative estimate of drug-likeness (QED) is 0.701. The fourth-order valence-corrected chi connectivity index (χ4v) is 2.98. The molecule has 2 rings (SSSR count). The number of hydrogen-bond acceptors (Lipinski definition) is 3. The van der Waals surface area contributed by atoms with Crippen LogP contribution in [0, 0.1) is 17.5 Å². The van der Waals surface area contributed by atoms with Gasteiger partial charge in [0.15, 0.2) is 17.5 Å². The maximum atomic E-state index is 13.6. The summed E-state index contributed by atoms with van der Waals surface area (Å²) >= 11 is 0. The lowest BCUT2D eigenvalue weighted by molar-refractivity contribution is -0.130. The van der Waals surface area contributed by atoms with Crippen molar-refractivity contribution in [3.05, 3.63) is 41.4 Å². The monoisotopic (exact) mass is 383 g/mol. The standard InChI is InChI=1S/C19H24F3N3O2/c1-3-10-25(13-6-4-5-7-13)17(27)12-24(2)11-16(26)23-15-9-8-14(20)18(21)19(15)22/h6,8-9H,3-5,7,10-12H2,1-2H3,(H,23,26). The SMILES string of the molecule is CCCN(C(=O)CN(C)CC(=O)Nc1ccc(F)c(F)c1F)C1=CCCC1. The van der Waals surface area contributed by atoms with E-state index in [9.17, 15) is 22.8 Å². The third-order valence-electron chi connectivity index (χ3n) is 4.24. The number of anilines is 1. The van der Waals surface area contributed by atoms with Gasteiger partial charge in [-0.25, -0.2) is 13.2 Å². The number of carbonyl (C=O) groups is 2. The van der Waals surface area contributed by atoms with E-state index in [4.69, 9.17) is 0 Å².